The van der Waals surface area contributed by atoms with Crippen molar-refractivity contribution in [2.24, 2.45) is 0 Å². The molecular formula is C11H7F3N2O3. The highest BCUT2D eigenvalue weighted by molar-refractivity contribution is 5.66. The molecule has 0 amide bonds. The van der Waals surface area contributed by atoms with Crippen LogP contribution in [0, 0.1) is 17.5 Å². The van der Waals surface area contributed by atoms with Gasteiger partial charge in [0.15, 0.2) is 17.5 Å². The van der Waals surface area contributed by atoms with E-state index in [-0.39, 0.29) is 30.1 Å². The number of aryl methyl sites for hydroxylation is 1. The van der Waals surface area contributed by atoms with Crippen LogP contribution >= 0.6 is 0 Å². The van der Waals surface area contributed by atoms with Gasteiger partial charge >= 0.3 is 5.97 Å². The van der Waals surface area contributed by atoms with Gasteiger partial charge in [-0.1, -0.05) is 5.16 Å². The average Bonchev–Trinajstić information content (AvgIpc) is 2.81. The number of carboxylic acids is 1. The van der Waals surface area contributed by atoms with Gasteiger partial charge in [-0.15, -0.1) is 0 Å². The molecule has 0 bridgehead atoms. The van der Waals surface area contributed by atoms with Gasteiger partial charge in [-0.25, -0.2) is 13.2 Å². The fourth-order valence-corrected chi connectivity index (χ4v) is 1.37. The number of aliphatic carboxylic acids is 1. The van der Waals surface area contributed by atoms with Crippen molar-refractivity contribution in [3.8, 4) is 11.4 Å². The molecule has 0 fully saturated rings. The van der Waals surface area contributed by atoms with E-state index in [1.165, 1.54) is 0 Å². The van der Waals surface area contributed by atoms with Crippen molar-refractivity contribution in [2.45, 2.75) is 12.8 Å². The second kappa shape index (κ2) is 5.09. The first-order chi connectivity index (χ1) is 8.97. The van der Waals surface area contributed by atoms with Crippen LogP contribution in [0.1, 0.15) is 12.3 Å². The number of carbonyl (C=O) groups is 1. The fraction of sp³-hybridized carbons (Fsp3) is 0.182. The lowest BCUT2D eigenvalue weighted by Gasteiger charge is -1.98. The van der Waals surface area contributed by atoms with Gasteiger partial charge in [0.2, 0.25) is 11.7 Å². The lowest BCUT2D eigenvalue weighted by Crippen LogP contribution is -1.97. The molecule has 0 spiro atoms. The minimum Gasteiger partial charge on any atom is -0.481 e. The van der Waals surface area contributed by atoms with E-state index in [1.807, 2.05) is 0 Å². The number of hydrogen-bond donors (Lipinski definition) is 1. The molecule has 1 aromatic heterocycles. The summed E-state index contributed by atoms with van der Waals surface area (Å²) in [7, 11) is 0. The molecule has 0 radical (unpaired) electrons. The summed E-state index contributed by atoms with van der Waals surface area (Å²) >= 11 is 0. The van der Waals surface area contributed by atoms with Crippen molar-refractivity contribution in [3.63, 3.8) is 0 Å². The molecular weight excluding hydrogens is 265 g/mol. The molecule has 5 nitrogen and oxygen atoms in total. The molecule has 0 unspecified atom stereocenters. The highest BCUT2D eigenvalue weighted by Gasteiger charge is 2.15. The third-order valence-electron chi connectivity index (χ3n) is 2.26. The van der Waals surface area contributed by atoms with Crippen LogP contribution in [0.2, 0.25) is 0 Å². The Morgan fingerprint density at radius 2 is 1.89 bits per heavy atom. The Morgan fingerprint density at radius 1 is 1.26 bits per heavy atom. The van der Waals surface area contributed by atoms with Crippen molar-refractivity contribution in [1.29, 1.82) is 0 Å². The second-order valence-electron chi connectivity index (χ2n) is 3.66. The zero-order chi connectivity index (χ0) is 14.0. The van der Waals surface area contributed by atoms with Crippen molar-refractivity contribution in [3.05, 3.63) is 35.5 Å². The number of aromatic nitrogens is 2. The van der Waals surface area contributed by atoms with Gasteiger partial charge in [-0.3, -0.25) is 4.79 Å². The zero-order valence-electron chi connectivity index (χ0n) is 9.36. The Bertz CT molecular complexity index is 604. The lowest BCUT2D eigenvalue weighted by molar-refractivity contribution is -0.137. The van der Waals surface area contributed by atoms with Crippen LogP contribution in [0.3, 0.4) is 0 Å². The van der Waals surface area contributed by atoms with Crippen molar-refractivity contribution in [1.82, 2.24) is 10.1 Å². The predicted molar refractivity (Wildman–Crippen MR) is 55.6 cm³/mol. The minimum absolute atomic E-state index is 0.00546. The molecule has 19 heavy (non-hydrogen) atoms. The molecule has 1 N–H and O–H groups in total. The molecule has 0 saturated heterocycles. The predicted octanol–water partition coefficient (Wildman–Crippen LogP) is 2.17. The number of hydrogen-bond acceptors (Lipinski definition) is 4. The average molecular weight is 272 g/mol. The third-order valence-corrected chi connectivity index (χ3v) is 2.26. The van der Waals surface area contributed by atoms with E-state index in [0.29, 0.717) is 0 Å². The Hall–Kier alpha value is -2.38. The Balaban J connectivity index is 2.25. The van der Waals surface area contributed by atoms with Crippen molar-refractivity contribution < 1.29 is 27.6 Å². The molecule has 1 aromatic carbocycles. The quantitative estimate of drug-likeness (QED) is 0.863. The summed E-state index contributed by atoms with van der Waals surface area (Å²) in [5.41, 5.74) is -0.0956. The molecule has 2 rings (SSSR count). The maximum Gasteiger partial charge on any atom is 0.303 e. The van der Waals surface area contributed by atoms with Crippen LogP contribution in [0.4, 0.5) is 13.2 Å². The standard InChI is InChI=1S/C11H7F3N2O3/c12-6-3-5(4-7(13)10(6)14)11-15-8(19-16-11)1-2-9(17)18/h3-4H,1-2H2,(H,17,18). The number of benzene rings is 1. The van der Waals surface area contributed by atoms with E-state index in [4.69, 9.17) is 9.63 Å². The summed E-state index contributed by atoms with van der Waals surface area (Å²) in [4.78, 5) is 14.1. The number of nitrogens with zero attached hydrogens (tertiary/aromatic N) is 2. The molecule has 100 valence electrons. The van der Waals surface area contributed by atoms with E-state index in [0.717, 1.165) is 12.1 Å². The van der Waals surface area contributed by atoms with Crippen LogP contribution in [0.25, 0.3) is 11.4 Å². The summed E-state index contributed by atoms with van der Waals surface area (Å²) in [5.74, 6) is -5.49. The van der Waals surface area contributed by atoms with Gasteiger partial charge in [0, 0.05) is 12.0 Å². The van der Waals surface area contributed by atoms with Crippen LogP contribution < -0.4 is 0 Å². The number of halogens is 3. The van der Waals surface area contributed by atoms with Gasteiger partial charge in [-0.05, 0) is 12.1 Å². The summed E-state index contributed by atoms with van der Waals surface area (Å²) in [6, 6.07) is 1.45. The molecule has 0 aliphatic carbocycles. The molecule has 0 saturated carbocycles. The first-order valence-corrected chi connectivity index (χ1v) is 5.16. The second-order valence-corrected chi connectivity index (χ2v) is 3.66. The van der Waals surface area contributed by atoms with Crippen LogP contribution in [0.5, 0.6) is 0 Å². The van der Waals surface area contributed by atoms with E-state index in [9.17, 15) is 18.0 Å². The third kappa shape index (κ3) is 2.90. The molecule has 0 atom stereocenters. The minimum atomic E-state index is -1.58. The Labute approximate surface area is 104 Å². The maximum atomic E-state index is 13.0. The molecule has 1 heterocycles. The molecule has 0 aliphatic heterocycles. The van der Waals surface area contributed by atoms with E-state index >= 15 is 0 Å². The summed E-state index contributed by atoms with van der Waals surface area (Å²) in [6.45, 7) is 0. The Kier molecular flexibility index (Phi) is 3.50. The normalized spacial score (nSPS) is 10.7. The highest BCUT2D eigenvalue weighted by atomic mass is 19.2. The fourth-order valence-electron chi connectivity index (χ4n) is 1.37. The Morgan fingerprint density at radius 3 is 2.47 bits per heavy atom. The van der Waals surface area contributed by atoms with Crippen LogP contribution in [0.15, 0.2) is 16.7 Å². The number of rotatable bonds is 4. The van der Waals surface area contributed by atoms with E-state index in [2.05, 4.69) is 10.1 Å². The van der Waals surface area contributed by atoms with Gasteiger partial charge in [-0.2, -0.15) is 4.98 Å². The largest absolute Gasteiger partial charge is 0.481 e. The highest BCUT2D eigenvalue weighted by Crippen LogP contribution is 2.21. The summed E-state index contributed by atoms with van der Waals surface area (Å²) in [5, 5.41) is 11.9. The van der Waals surface area contributed by atoms with Gasteiger partial charge < -0.3 is 9.63 Å². The number of carboxylic acid groups (broad SMARTS) is 1. The van der Waals surface area contributed by atoms with Gasteiger partial charge in [0.1, 0.15) is 0 Å². The zero-order valence-corrected chi connectivity index (χ0v) is 9.36. The van der Waals surface area contributed by atoms with Crippen LogP contribution in [-0.2, 0) is 11.2 Å². The molecule has 2 aromatic rings. The topological polar surface area (TPSA) is 76.2 Å². The lowest BCUT2D eigenvalue weighted by atomic mass is 10.2. The summed E-state index contributed by atoms with van der Waals surface area (Å²) in [6.07, 6.45) is -0.220. The maximum absolute atomic E-state index is 13.0. The first kappa shape index (κ1) is 13.1. The monoisotopic (exact) mass is 272 g/mol. The van der Waals surface area contributed by atoms with Crippen molar-refractivity contribution >= 4 is 5.97 Å². The molecule has 0 aliphatic rings. The van der Waals surface area contributed by atoms with Crippen LogP contribution in [-0.4, -0.2) is 21.2 Å². The van der Waals surface area contributed by atoms with E-state index < -0.39 is 23.4 Å². The van der Waals surface area contributed by atoms with Gasteiger partial charge in [0.05, 0.1) is 6.42 Å². The first-order valence-electron chi connectivity index (χ1n) is 5.16. The van der Waals surface area contributed by atoms with Crippen molar-refractivity contribution in [2.75, 3.05) is 0 Å². The van der Waals surface area contributed by atoms with Gasteiger partial charge in [0.25, 0.3) is 0 Å². The summed E-state index contributed by atoms with van der Waals surface area (Å²) < 4.78 is 43.5. The smallest absolute Gasteiger partial charge is 0.303 e. The molecule has 8 heteroatoms. The SMILES string of the molecule is O=C(O)CCc1nc(-c2cc(F)c(F)c(F)c2)no1. The van der Waals surface area contributed by atoms with E-state index in [1.54, 1.807) is 0 Å².